The van der Waals surface area contributed by atoms with Crippen LogP contribution >= 0.6 is 0 Å². The van der Waals surface area contributed by atoms with Gasteiger partial charge in [-0.05, 0) is 72.2 Å². The van der Waals surface area contributed by atoms with E-state index in [1.165, 1.54) is 17.7 Å². The monoisotopic (exact) mass is 543 g/mol. The minimum Gasteiger partial charge on any atom is -0.481 e. The van der Waals surface area contributed by atoms with Gasteiger partial charge in [0.2, 0.25) is 0 Å². The van der Waals surface area contributed by atoms with Crippen LogP contribution in [0.4, 0.5) is 4.39 Å². The van der Waals surface area contributed by atoms with Crippen molar-refractivity contribution in [2.45, 2.75) is 46.3 Å². The number of aromatic amines is 1. The number of carboxylic acid groups (broad SMARTS) is 1. The molecule has 0 saturated carbocycles. The number of nitrogens with one attached hydrogen (secondary N) is 1. The number of aliphatic carboxylic acids is 1. The zero-order valence-corrected chi connectivity index (χ0v) is 22.9. The quantitative estimate of drug-likeness (QED) is 0.144. The summed E-state index contributed by atoms with van der Waals surface area (Å²) in [6.07, 6.45) is 4.48. The number of hydrogen-bond donors (Lipinski definition) is 2. The van der Waals surface area contributed by atoms with E-state index in [4.69, 9.17) is 9.57 Å². The predicted molar refractivity (Wildman–Crippen MR) is 152 cm³/mol. The highest BCUT2D eigenvalue weighted by Gasteiger charge is 2.23. The lowest BCUT2D eigenvalue weighted by Gasteiger charge is -2.19. The van der Waals surface area contributed by atoms with E-state index >= 15 is 0 Å². The van der Waals surface area contributed by atoms with Crippen LogP contribution in [0.3, 0.4) is 0 Å². The first kappa shape index (κ1) is 28.5. The molecule has 2 unspecified atom stereocenters. The van der Waals surface area contributed by atoms with Crippen LogP contribution in [0.15, 0.2) is 90.3 Å². The molecular formula is C32H34FN3O4. The lowest BCUT2D eigenvalue weighted by atomic mass is 9.95. The normalized spacial score (nSPS) is 13.2. The van der Waals surface area contributed by atoms with E-state index in [9.17, 15) is 14.3 Å². The molecule has 7 nitrogen and oxygen atoms in total. The van der Waals surface area contributed by atoms with Gasteiger partial charge in [-0.2, -0.15) is 5.10 Å². The maximum Gasteiger partial charge on any atom is 0.312 e. The van der Waals surface area contributed by atoms with Gasteiger partial charge in [0, 0.05) is 11.8 Å². The zero-order chi connectivity index (χ0) is 28.5. The molecular weight excluding hydrogens is 509 g/mol. The smallest absolute Gasteiger partial charge is 0.312 e. The number of carboxylic acids is 1. The van der Waals surface area contributed by atoms with Crippen molar-refractivity contribution in [2.24, 2.45) is 17.0 Å². The van der Waals surface area contributed by atoms with Gasteiger partial charge < -0.3 is 14.7 Å². The molecule has 40 heavy (non-hydrogen) atoms. The fourth-order valence-corrected chi connectivity index (χ4v) is 4.38. The van der Waals surface area contributed by atoms with Crippen molar-refractivity contribution in [1.29, 1.82) is 0 Å². The molecule has 0 saturated heterocycles. The first-order chi connectivity index (χ1) is 19.3. The van der Waals surface area contributed by atoms with Crippen molar-refractivity contribution < 1.29 is 23.9 Å². The summed E-state index contributed by atoms with van der Waals surface area (Å²) in [5.74, 6) is -0.953. The highest BCUT2D eigenvalue weighted by Crippen LogP contribution is 2.29. The summed E-state index contributed by atoms with van der Waals surface area (Å²) in [6, 6.07) is 21.7. The van der Waals surface area contributed by atoms with Gasteiger partial charge in [0.15, 0.2) is 6.10 Å². The molecule has 208 valence electrons. The Hall–Kier alpha value is -4.46. The number of nitrogens with zero attached hydrogens (tertiary/aromatic N) is 2. The Labute approximate surface area is 233 Å². The van der Waals surface area contributed by atoms with Crippen molar-refractivity contribution in [3.63, 3.8) is 0 Å². The summed E-state index contributed by atoms with van der Waals surface area (Å²) < 4.78 is 19.5. The molecule has 0 aliphatic carbocycles. The minimum atomic E-state index is -0.993. The Bertz CT molecular complexity index is 1380. The topological polar surface area (TPSA) is 96.8 Å². The second-order valence-electron chi connectivity index (χ2n) is 10.2. The molecule has 4 rings (SSSR count). The van der Waals surface area contributed by atoms with Crippen molar-refractivity contribution in [2.75, 3.05) is 0 Å². The van der Waals surface area contributed by atoms with E-state index in [2.05, 4.69) is 53.5 Å². The van der Waals surface area contributed by atoms with E-state index in [1.807, 2.05) is 30.5 Å². The van der Waals surface area contributed by atoms with Crippen LogP contribution in [0.1, 0.15) is 54.7 Å². The minimum absolute atomic E-state index is 0.119. The van der Waals surface area contributed by atoms with Crippen LogP contribution in [0.5, 0.6) is 5.75 Å². The predicted octanol–water partition coefficient (Wildman–Crippen LogP) is 6.75. The van der Waals surface area contributed by atoms with Crippen LogP contribution in [0.2, 0.25) is 0 Å². The molecule has 8 heteroatoms. The third kappa shape index (κ3) is 8.02. The Kier molecular flexibility index (Phi) is 9.67. The van der Waals surface area contributed by atoms with Crippen molar-refractivity contribution in [3.8, 4) is 5.75 Å². The molecule has 0 radical (unpaired) electrons. The summed E-state index contributed by atoms with van der Waals surface area (Å²) in [6.45, 7) is 6.15. The first-order valence-corrected chi connectivity index (χ1v) is 13.2. The summed E-state index contributed by atoms with van der Waals surface area (Å²) in [7, 11) is 0. The summed E-state index contributed by atoms with van der Waals surface area (Å²) in [5, 5.41) is 20.8. The Morgan fingerprint density at radius 3 is 2.15 bits per heavy atom. The highest BCUT2D eigenvalue weighted by molar-refractivity contribution is 6.00. The fourth-order valence-electron chi connectivity index (χ4n) is 4.38. The third-order valence-electron chi connectivity index (χ3n) is 6.52. The lowest BCUT2D eigenvalue weighted by molar-refractivity contribution is -0.139. The number of halogens is 1. The van der Waals surface area contributed by atoms with Crippen molar-refractivity contribution in [1.82, 2.24) is 10.2 Å². The van der Waals surface area contributed by atoms with E-state index in [-0.39, 0.29) is 24.9 Å². The molecule has 0 amide bonds. The molecule has 2 atom stereocenters. The molecule has 1 heterocycles. The Balaban J connectivity index is 1.42. The molecule has 1 aromatic heterocycles. The molecule has 2 N–H and O–H groups in total. The van der Waals surface area contributed by atoms with E-state index in [1.54, 1.807) is 25.3 Å². The second kappa shape index (κ2) is 13.6. The number of ether oxygens (including phenoxy) is 1. The fraction of sp³-hybridized carbons (Fsp3) is 0.281. The second-order valence-corrected chi connectivity index (χ2v) is 10.2. The standard InChI is InChI=1S/C32H34FN3O4/c1-21(2)16-23-4-10-26(11-5-23)31(27-18-34-35-19-27)40-29-14-8-24(9-15-29)17-30(32(37)38)22(3)36-39-20-25-6-12-28(33)13-7-25/h4-15,18-19,21,30-31H,16-17,20H2,1-3H3,(H,34,35)(H,37,38). The number of carbonyl (C=O) groups is 1. The molecule has 0 aliphatic heterocycles. The van der Waals surface area contributed by atoms with Crippen LogP contribution < -0.4 is 4.74 Å². The summed E-state index contributed by atoms with van der Waals surface area (Å²) >= 11 is 0. The Morgan fingerprint density at radius 2 is 1.55 bits per heavy atom. The number of oxime groups is 1. The van der Waals surface area contributed by atoms with E-state index < -0.39 is 11.9 Å². The largest absolute Gasteiger partial charge is 0.481 e. The van der Waals surface area contributed by atoms with Gasteiger partial charge in [0.1, 0.15) is 24.1 Å². The van der Waals surface area contributed by atoms with E-state index in [0.29, 0.717) is 17.4 Å². The number of hydrogen-bond acceptors (Lipinski definition) is 5. The molecule has 0 bridgehead atoms. The highest BCUT2D eigenvalue weighted by atomic mass is 19.1. The molecule has 0 spiro atoms. The molecule has 0 aliphatic rings. The van der Waals surface area contributed by atoms with Gasteiger partial charge in [0.25, 0.3) is 0 Å². The molecule has 0 fully saturated rings. The molecule has 3 aromatic carbocycles. The maximum absolute atomic E-state index is 13.1. The van der Waals surface area contributed by atoms with Gasteiger partial charge in [0.05, 0.1) is 11.9 Å². The van der Waals surface area contributed by atoms with Gasteiger partial charge in [-0.3, -0.25) is 9.89 Å². The number of aromatic nitrogens is 2. The van der Waals surface area contributed by atoms with Crippen LogP contribution in [-0.2, 0) is 29.1 Å². The maximum atomic E-state index is 13.1. The average Bonchev–Trinajstić information content (AvgIpc) is 3.47. The van der Waals surface area contributed by atoms with Crippen LogP contribution in [0, 0.1) is 17.7 Å². The van der Waals surface area contributed by atoms with Crippen molar-refractivity contribution >= 4 is 11.7 Å². The first-order valence-electron chi connectivity index (χ1n) is 13.2. The number of rotatable bonds is 13. The molecule has 4 aromatic rings. The number of benzene rings is 3. The lowest BCUT2D eigenvalue weighted by Crippen LogP contribution is -2.24. The van der Waals surface area contributed by atoms with Crippen LogP contribution in [0.25, 0.3) is 0 Å². The SMILES string of the molecule is CC(=NOCc1ccc(F)cc1)C(Cc1ccc(OC(c2ccc(CC(C)C)cc2)c2cn[nH]c2)cc1)C(=O)O. The summed E-state index contributed by atoms with van der Waals surface area (Å²) in [4.78, 5) is 17.3. The third-order valence-corrected chi connectivity index (χ3v) is 6.52. The van der Waals surface area contributed by atoms with Crippen molar-refractivity contribution in [3.05, 3.63) is 119 Å². The van der Waals surface area contributed by atoms with Gasteiger partial charge in [-0.1, -0.05) is 67.5 Å². The average molecular weight is 544 g/mol. The number of H-pyrrole nitrogens is 1. The summed E-state index contributed by atoms with van der Waals surface area (Å²) in [5.41, 5.74) is 5.10. The van der Waals surface area contributed by atoms with Crippen LogP contribution in [-0.4, -0.2) is 27.0 Å². The Morgan fingerprint density at radius 1 is 0.925 bits per heavy atom. The van der Waals surface area contributed by atoms with E-state index in [0.717, 1.165) is 28.7 Å². The zero-order valence-electron chi connectivity index (χ0n) is 22.9. The van der Waals surface area contributed by atoms with Gasteiger partial charge in [-0.15, -0.1) is 0 Å². The van der Waals surface area contributed by atoms with Gasteiger partial charge in [-0.25, -0.2) is 4.39 Å². The van der Waals surface area contributed by atoms with Gasteiger partial charge >= 0.3 is 5.97 Å².